The second-order valence-corrected chi connectivity index (χ2v) is 5.23. The molecule has 1 heteroatoms. The first-order chi connectivity index (χ1) is 9.27. The van der Waals surface area contributed by atoms with E-state index in [9.17, 15) is 0 Å². The smallest absolute Gasteiger partial charge is 0.0841 e. The van der Waals surface area contributed by atoms with Crippen molar-refractivity contribution in [1.82, 2.24) is 0 Å². The molecule has 0 aliphatic rings. The number of rotatable bonds is 2. The average molecular weight is 267 g/mol. The third-order valence-electron chi connectivity index (χ3n) is 3.54. The Bertz CT molecular complexity index is 701. The number of benzene rings is 3. The summed E-state index contributed by atoms with van der Waals surface area (Å²) in [6.07, 6.45) is 0. The predicted molar refractivity (Wildman–Crippen MR) is 82.8 cm³/mol. The third-order valence-corrected chi connectivity index (χ3v) is 4.03. The van der Waals surface area contributed by atoms with Crippen LogP contribution in [0.15, 0.2) is 66.7 Å². The minimum atomic E-state index is -0.105. The molecule has 3 aromatic carbocycles. The van der Waals surface area contributed by atoms with Gasteiger partial charge in [-0.25, -0.2) is 0 Å². The van der Waals surface area contributed by atoms with Crippen molar-refractivity contribution in [3.05, 3.63) is 83.4 Å². The first kappa shape index (κ1) is 12.3. The van der Waals surface area contributed by atoms with Crippen LogP contribution in [-0.4, -0.2) is 0 Å². The van der Waals surface area contributed by atoms with Gasteiger partial charge in [0.25, 0.3) is 0 Å². The Kier molecular flexibility index (Phi) is 3.27. The number of alkyl halides is 1. The molecule has 1 unspecified atom stereocenters. The summed E-state index contributed by atoms with van der Waals surface area (Å²) >= 11 is 6.66. The fourth-order valence-corrected chi connectivity index (χ4v) is 2.83. The van der Waals surface area contributed by atoms with Crippen molar-refractivity contribution < 1.29 is 0 Å². The van der Waals surface area contributed by atoms with Crippen molar-refractivity contribution in [2.75, 3.05) is 0 Å². The van der Waals surface area contributed by atoms with E-state index in [0.29, 0.717) is 0 Å². The van der Waals surface area contributed by atoms with Gasteiger partial charge in [-0.05, 0) is 34.4 Å². The van der Waals surface area contributed by atoms with E-state index in [0.717, 1.165) is 5.56 Å². The Labute approximate surface area is 118 Å². The maximum Gasteiger partial charge on any atom is 0.0841 e. The standard InChI is InChI=1S/C18H15Cl/c1-13-11-12-17(16-10-6-5-9-15(13)16)18(19)14-7-3-2-4-8-14/h2-12,18H,1H3. The molecule has 0 saturated carbocycles. The number of hydrogen-bond acceptors (Lipinski definition) is 0. The van der Waals surface area contributed by atoms with E-state index in [-0.39, 0.29) is 5.38 Å². The Morgan fingerprint density at radius 1 is 0.737 bits per heavy atom. The van der Waals surface area contributed by atoms with Gasteiger partial charge in [-0.2, -0.15) is 0 Å². The second-order valence-electron chi connectivity index (χ2n) is 4.79. The van der Waals surface area contributed by atoms with Crippen molar-refractivity contribution in [1.29, 1.82) is 0 Å². The van der Waals surface area contributed by atoms with E-state index in [2.05, 4.69) is 55.5 Å². The molecule has 0 amide bonds. The number of aryl methyl sites for hydroxylation is 1. The highest BCUT2D eigenvalue weighted by Gasteiger charge is 2.13. The molecular formula is C18H15Cl. The summed E-state index contributed by atoms with van der Waals surface area (Å²) in [4.78, 5) is 0. The van der Waals surface area contributed by atoms with Gasteiger partial charge in [-0.3, -0.25) is 0 Å². The van der Waals surface area contributed by atoms with Crippen molar-refractivity contribution in [2.45, 2.75) is 12.3 Å². The van der Waals surface area contributed by atoms with Crippen LogP contribution in [0, 0.1) is 6.92 Å². The Hall–Kier alpha value is -1.79. The van der Waals surface area contributed by atoms with Gasteiger partial charge in [0.15, 0.2) is 0 Å². The van der Waals surface area contributed by atoms with E-state index in [1.54, 1.807) is 0 Å². The molecule has 0 fully saturated rings. The van der Waals surface area contributed by atoms with Crippen LogP contribution in [-0.2, 0) is 0 Å². The van der Waals surface area contributed by atoms with Crippen LogP contribution in [0.4, 0.5) is 0 Å². The van der Waals surface area contributed by atoms with Crippen LogP contribution in [0.3, 0.4) is 0 Å². The molecule has 0 aromatic heterocycles. The maximum absolute atomic E-state index is 6.66. The Balaban J connectivity index is 2.18. The van der Waals surface area contributed by atoms with E-state index in [1.807, 2.05) is 18.2 Å². The molecule has 0 N–H and O–H groups in total. The monoisotopic (exact) mass is 266 g/mol. The van der Waals surface area contributed by atoms with E-state index >= 15 is 0 Å². The fraction of sp³-hybridized carbons (Fsp3) is 0.111. The molecule has 1 atom stereocenters. The zero-order valence-corrected chi connectivity index (χ0v) is 11.6. The predicted octanol–water partition coefficient (Wildman–Crippen LogP) is 5.48. The normalized spacial score (nSPS) is 12.5. The quantitative estimate of drug-likeness (QED) is 0.539. The molecule has 19 heavy (non-hydrogen) atoms. The van der Waals surface area contributed by atoms with Crippen LogP contribution in [0.1, 0.15) is 22.1 Å². The molecule has 3 rings (SSSR count). The van der Waals surface area contributed by atoms with E-state index in [1.165, 1.54) is 21.9 Å². The van der Waals surface area contributed by atoms with Gasteiger partial charge in [0, 0.05) is 0 Å². The van der Waals surface area contributed by atoms with Crippen LogP contribution < -0.4 is 0 Å². The SMILES string of the molecule is Cc1ccc(C(Cl)c2ccccc2)c2ccccc12. The highest BCUT2D eigenvalue weighted by molar-refractivity contribution is 6.23. The van der Waals surface area contributed by atoms with Crippen molar-refractivity contribution in [3.8, 4) is 0 Å². The molecule has 0 radical (unpaired) electrons. The first-order valence-electron chi connectivity index (χ1n) is 6.44. The van der Waals surface area contributed by atoms with Gasteiger partial charge in [-0.15, -0.1) is 11.6 Å². The highest BCUT2D eigenvalue weighted by Crippen LogP contribution is 2.34. The zero-order chi connectivity index (χ0) is 13.2. The topological polar surface area (TPSA) is 0 Å². The van der Waals surface area contributed by atoms with Crippen molar-refractivity contribution in [3.63, 3.8) is 0 Å². The summed E-state index contributed by atoms with van der Waals surface area (Å²) in [6, 6.07) is 23.0. The molecule has 0 aliphatic carbocycles. The molecule has 0 saturated heterocycles. The minimum absolute atomic E-state index is 0.105. The van der Waals surface area contributed by atoms with Gasteiger partial charge in [0.05, 0.1) is 5.38 Å². The molecule has 0 heterocycles. The van der Waals surface area contributed by atoms with E-state index < -0.39 is 0 Å². The van der Waals surface area contributed by atoms with Gasteiger partial charge in [0.2, 0.25) is 0 Å². The lowest BCUT2D eigenvalue weighted by Gasteiger charge is -2.14. The van der Waals surface area contributed by atoms with Crippen LogP contribution in [0.2, 0.25) is 0 Å². The summed E-state index contributed by atoms with van der Waals surface area (Å²) < 4.78 is 0. The molecular weight excluding hydrogens is 252 g/mol. The number of halogens is 1. The largest absolute Gasteiger partial charge is 0.113 e. The van der Waals surface area contributed by atoms with Crippen LogP contribution in [0.5, 0.6) is 0 Å². The number of hydrogen-bond donors (Lipinski definition) is 0. The summed E-state index contributed by atoms with van der Waals surface area (Å²) in [5.41, 5.74) is 3.60. The molecule has 0 bridgehead atoms. The summed E-state index contributed by atoms with van der Waals surface area (Å²) in [5, 5.41) is 2.42. The Morgan fingerprint density at radius 2 is 1.37 bits per heavy atom. The van der Waals surface area contributed by atoms with Gasteiger partial charge in [-0.1, -0.05) is 66.7 Å². The van der Waals surface area contributed by atoms with Crippen LogP contribution >= 0.6 is 11.6 Å². The van der Waals surface area contributed by atoms with Gasteiger partial charge in [0.1, 0.15) is 0 Å². The molecule has 94 valence electrons. The fourth-order valence-electron chi connectivity index (χ4n) is 2.50. The molecule has 3 aromatic rings. The lowest BCUT2D eigenvalue weighted by molar-refractivity contribution is 1.16. The van der Waals surface area contributed by atoms with Crippen molar-refractivity contribution >= 4 is 22.4 Å². The molecule has 0 nitrogen and oxygen atoms in total. The maximum atomic E-state index is 6.66. The lowest BCUT2D eigenvalue weighted by atomic mass is 9.95. The van der Waals surface area contributed by atoms with Crippen LogP contribution in [0.25, 0.3) is 10.8 Å². The first-order valence-corrected chi connectivity index (χ1v) is 6.88. The third kappa shape index (κ3) is 2.24. The summed E-state index contributed by atoms with van der Waals surface area (Å²) in [5.74, 6) is 0. The highest BCUT2D eigenvalue weighted by atomic mass is 35.5. The number of fused-ring (bicyclic) bond motifs is 1. The summed E-state index contributed by atoms with van der Waals surface area (Å²) in [6.45, 7) is 2.14. The molecule has 0 aliphatic heterocycles. The summed E-state index contributed by atoms with van der Waals surface area (Å²) in [7, 11) is 0. The Morgan fingerprint density at radius 3 is 2.11 bits per heavy atom. The van der Waals surface area contributed by atoms with Gasteiger partial charge >= 0.3 is 0 Å². The average Bonchev–Trinajstić information content (AvgIpc) is 2.48. The second kappa shape index (κ2) is 5.07. The zero-order valence-electron chi connectivity index (χ0n) is 10.8. The molecule has 0 spiro atoms. The van der Waals surface area contributed by atoms with Gasteiger partial charge < -0.3 is 0 Å². The lowest BCUT2D eigenvalue weighted by Crippen LogP contribution is -1.95. The minimum Gasteiger partial charge on any atom is -0.113 e. The van der Waals surface area contributed by atoms with E-state index in [4.69, 9.17) is 11.6 Å². The van der Waals surface area contributed by atoms with Crippen molar-refractivity contribution in [2.24, 2.45) is 0 Å².